The topological polar surface area (TPSA) is 90.6 Å². The number of nitrogens with one attached hydrogen (secondary N) is 2. The summed E-state index contributed by atoms with van der Waals surface area (Å²) in [6.07, 6.45) is 0.430. The first-order valence-corrected chi connectivity index (χ1v) is 10.1. The molecule has 0 aliphatic heterocycles. The number of imidazole rings is 1. The highest BCUT2D eigenvalue weighted by atomic mass is 19.4. The maximum atomic E-state index is 13.0. The summed E-state index contributed by atoms with van der Waals surface area (Å²) in [4.78, 5) is 26.3. The first-order chi connectivity index (χ1) is 14.7. The lowest BCUT2D eigenvalue weighted by atomic mass is 9.84. The van der Waals surface area contributed by atoms with Gasteiger partial charge in [-0.05, 0) is 44.4 Å². The van der Waals surface area contributed by atoms with Gasteiger partial charge in [-0.1, -0.05) is 12.5 Å². The number of nitrogens with zero attached hydrogens (tertiary/aromatic N) is 4. The van der Waals surface area contributed by atoms with Gasteiger partial charge in [-0.3, -0.25) is 9.89 Å². The lowest BCUT2D eigenvalue weighted by Gasteiger charge is -2.34. The van der Waals surface area contributed by atoms with Crippen LogP contribution in [0.15, 0.2) is 30.5 Å². The maximum Gasteiger partial charge on any atom is 0.416 e. The first-order valence-electron chi connectivity index (χ1n) is 10.1. The molecule has 0 saturated heterocycles. The number of benzene rings is 1. The van der Waals surface area contributed by atoms with E-state index in [0.717, 1.165) is 48.7 Å². The Morgan fingerprint density at radius 3 is 2.77 bits per heavy atom. The van der Waals surface area contributed by atoms with Gasteiger partial charge in [-0.2, -0.15) is 18.3 Å². The Kier molecular flexibility index (Phi) is 5.55. The molecule has 1 aliphatic rings. The van der Waals surface area contributed by atoms with Crippen LogP contribution in [0, 0.1) is 6.92 Å². The normalized spacial score (nSPS) is 19.4. The van der Waals surface area contributed by atoms with Crippen molar-refractivity contribution in [1.82, 2.24) is 30.0 Å². The highest BCUT2D eigenvalue weighted by Gasteiger charge is 2.33. The molecule has 164 valence electrons. The number of aryl methyl sites for hydroxylation is 1. The van der Waals surface area contributed by atoms with Crippen LogP contribution in [0.2, 0.25) is 0 Å². The van der Waals surface area contributed by atoms with Crippen molar-refractivity contribution in [3.8, 4) is 11.5 Å². The molecule has 2 heterocycles. The predicted octanol–water partition coefficient (Wildman–Crippen LogP) is 4.32. The molecule has 0 unspecified atom stereocenters. The smallest absolute Gasteiger partial charge is 0.340 e. The molecule has 0 spiro atoms. The van der Waals surface area contributed by atoms with E-state index in [2.05, 4.69) is 25.1 Å². The molecule has 1 aromatic carbocycles. The van der Waals surface area contributed by atoms with Crippen LogP contribution in [-0.4, -0.2) is 49.0 Å². The van der Waals surface area contributed by atoms with E-state index in [4.69, 9.17) is 0 Å². The van der Waals surface area contributed by atoms with Gasteiger partial charge in [0.2, 0.25) is 0 Å². The van der Waals surface area contributed by atoms with Gasteiger partial charge in [-0.15, -0.1) is 0 Å². The second kappa shape index (κ2) is 8.16. The van der Waals surface area contributed by atoms with E-state index in [1.165, 1.54) is 12.1 Å². The Bertz CT molecular complexity index is 1070. The standard InChI is InChI=1S/C21H23F3N6O/c1-12-25-11-17(26-12)19-27-18(28-29-19)13-5-4-8-16(10-13)30(2)20(31)14-6-3-7-15(9-14)21(22,23)24/h3,6-7,9,11,13,16H,4-5,8,10H2,1-2H3,(H,25,26)(H,27,28,29)/t13-,16+/m0/s1. The third-order valence-electron chi connectivity index (χ3n) is 5.78. The number of aromatic nitrogens is 5. The quantitative estimate of drug-likeness (QED) is 0.642. The lowest BCUT2D eigenvalue weighted by Crippen LogP contribution is -2.40. The van der Waals surface area contributed by atoms with Crippen molar-refractivity contribution in [3.05, 3.63) is 53.2 Å². The van der Waals surface area contributed by atoms with E-state index in [9.17, 15) is 18.0 Å². The summed E-state index contributed by atoms with van der Waals surface area (Å²) in [5, 5.41) is 7.26. The summed E-state index contributed by atoms with van der Waals surface area (Å²) >= 11 is 0. The lowest BCUT2D eigenvalue weighted by molar-refractivity contribution is -0.137. The van der Waals surface area contributed by atoms with Crippen LogP contribution in [0.3, 0.4) is 0 Å². The number of alkyl halides is 3. The SMILES string of the molecule is Cc1ncc(-c2n[nH]c([C@H]3CCC[C@@H](N(C)C(=O)c4cccc(C(F)(F)F)c4)C3)n2)[nH]1. The molecule has 1 fully saturated rings. The molecule has 0 bridgehead atoms. The molecule has 0 radical (unpaired) electrons. The highest BCUT2D eigenvalue weighted by molar-refractivity contribution is 5.94. The molecule has 1 amide bonds. The Hall–Kier alpha value is -3.17. The molecular formula is C21H23F3N6O. The first kappa shape index (κ1) is 21.1. The number of rotatable bonds is 4. The zero-order chi connectivity index (χ0) is 22.2. The van der Waals surface area contributed by atoms with E-state index >= 15 is 0 Å². The van der Waals surface area contributed by atoms with E-state index in [1.54, 1.807) is 18.1 Å². The molecule has 7 nitrogen and oxygen atoms in total. The van der Waals surface area contributed by atoms with Crippen LogP contribution in [0.4, 0.5) is 13.2 Å². The van der Waals surface area contributed by atoms with Gasteiger partial charge in [0, 0.05) is 24.6 Å². The summed E-state index contributed by atoms with van der Waals surface area (Å²) in [7, 11) is 1.65. The van der Waals surface area contributed by atoms with Crippen molar-refractivity contribution < 1.29 is 18.0 Å². The van der Waals surface area contributed by atoms with Gasteiger partial charge in [0.15, 0.2) is 5.82 Å². The summed E-state index contributed by atoms with van der Waals surface area (Å²) in [6, 6.07) is 4.47. The number of hydrogen-bond acceptors (Lipinski definition) is 4. The Morgan fingerprint density at radius 2 is 2.06 bits per heavy atom. The third kappa shape index (κ3) is 4.47. The largest absolute Gasteiger partial charge is 0.416 e. The van der Waals surface area contributed by atoms with Gasteiger partial charge >= 0.3 is 6.18 Å². The molecule has 2 N–H and O–H groups in total. The Balaban J connectivity index is 1.47. The number of carbonyl (C=O) groups excluding carboxylic acids is 1. The van der Waals surface area contributed by atoms with Crippen molar-refractivity contribution in [2.24, 2.45) is 0 Å². The molecule has 10 heteroatoms. The van der Waals surface area contributed by atoms with Crippen LogP contribution >= 0.6 is 0 Å². The molecule has 1 aliphatic carbocycles. The fraction of sp³-hybridized carbons (Fsp3) is 0.429. The van der Waals surface area contributed by atoms with E-state index in [1.807, 2.05) is 6.92 Å². The van der Waals surface area contributed by atoms with E-state index < -0.39 is 17.6 Å². The van der Waals surface area contributed by atoms with E-state index in [-0.39, 0.29) is 17.5 Å². The van der Waals surface area contributed by atoms with Gasteiger partial charge in [0.25, 0.3) is 5.91 Å². The fourth-order valence-corrected chi connectivity index (χ4v) is 4.07. The predicted molar refractivity (Wildman–Crippen MR) is 107 cm³/mol. The second-order valence-electron chi connectivity index (χ2n) is 7.94. The molecule has 31 heavy (non-hydrogen) atoms. The Labute approximate surface area is 177 Å². The minimum atomic E-state index is -4.48. The van der Waals surface area contributed by atoms with Gasteiger partial charge in [0.1, 0.15) is 17.3 Å². The summed E-state index contributed by atoms with van der Waals surface area (Å²) in [6.45, 7) is 1.85. The van der Waals surface area contributed by atoms with Crippen LogP contribution in [0.5, 0.6) is 0 Å². The van der Waals surface area contributed by atoms with Crippen LogP contribution < -0.4 is 0 Å². The van der Waals surface area contributed by atoms with Crippen molar-refractivity contribution in [2.75, 3.05) is 7.05 Å². The second-order valence-corrected chi connectivity index (χ2v) is 7.94. The monoisotopic (exact) mass is 432 g/mol. The number of carbonyl (C=O) groups is 1. The minimum Gasteiger partial charge on any atom is -0.340 e. The number of amides is 1. The zero-order valence-electron chi connectivity index (χ0n) is 17.2. The number of hydrogen-bond donors (Lipinski definition) is 2. The fourth-order valence-electron chi connectivity index (χ4n) is 4.07. The minimum absolute atomic E-state index is 0.0380. The van der Waals surface area contributed by atoms with E-state index in [0.29, 0.717) is 12.2 Å². The zero-order valence-corrected chi connectivity index (χ0v) is 17.2. The number of halogens is 3. The van der Waals surface area contributed by atoms with Crippen molar-refractivity contribution >= 4 is 5.91 Å². The van der Waals surface area contributed by atoms with Crippen LogP contribution in [0.1, 0.15) is 59.2 Å². The molecule has 1 saturated carbocycles. The molecule has 3 aromatic rings. The number of aromatic amines is 2. The average Bonchev–Trinajstić information content (AvgIpc) is 3.41. The number of H-pyrrole nitrogens is 2. The average molecular weight is 432 g/mol. The van der Waals surface area contributed by atoms with Crippen molar-refractivity contribution in [1.29, 1.82) is 0 Å². The van der Waals surface area contributed by atoms with Gasteiger partial charge < -0.3 is 9.88 Å². The van der Waals surface area contributed by atoms with Crippen LogP contribution in [-0.2, 0) is 6.18 Å². The van der Waals surface area contributed by atoms with Gasteiger partial charge in [0.05, 0.1) is 11.8 Å². The Morgan fingerprint density at radius 1 is 1.26 bits per heavy atom. The summed E-state index contributed by atoms with van der Waals surface area (Å²) < 4.78 is 39.0. The van der Waals surface area contributed by atoms with Crippen molar-refractivity contribution in [2.45, 2.75) is 50.7 Å². The third-order valence-corrected chi connectivity index (χ3v) is 5.78. The summed E-state index contributed by atoms with van der Waals surface area (Å²) in [5.41, 5.74) is -0.0586. The summed E-state index contributed by atoms with van der Waals surface area (Å²) in [5.74, 6) is 1.72. The van der Waals surface area contributed by atoms with Crippen LogP contribution in [0.25, 0.3) is 11.5 Å². The van der Waals surface area contributed by atoms with Crippen molar-refractivity contribution in [3.63, 3.8) is 0 Å². The molecule has 2 atom stereocenters. The maximum absolute atomic E-state index is 13.0. The highest BCUT2D eigenvalue weighted by Crippen LogP contribution is 2.35. The molecule has 4 rings (SSSR count). The molecular weight excluding hydrogens is 409 g/mol. The molecule has 2 aromatic heterocycles. The van der Waals surface area contributed by atoms with Gasteiger partial charge in [-0.25, -0.2) is 9.97 Å².